The van der Waals surface area contributed by atoms with Gasteiger partial charge in [-0.3, -0.25) is 4.98 Å². The molecule has 140 valence electrons. The molecule has 3 aromatic rings. The third-order valence-corrected chi connectivity index (χ3v) is 5.71. The summed E-state index contributed by atoms with van der Waals surface area (Å²) in [7, 11) is -0.487. The van der Waals surface area contributed by atoms with E-state index in [0.29, 0.717) is 17.5 Å². The van der Waals surface area contributed by atoms with Crippen LogP contribution in [0.4, 0.5) is 0 Å². The molecule has 0 atom stereocenters. The minimum Gasteiger partial charge on any atom is -0.439 e. The van der Waals surface area contributed by atoms with Gasteiger partial charge in [0.25, 0.3) is 0 Å². The molecule has 0 aliphatic carbocycles. The predicted molar refractivity (Wildman–Crippen MR) is 102 cm³/mol. The SMILES string of the molecule is CCc1cc(Oc2ccc(S(=O)(=O)N(C)C)cc2)nc(-c2ccncc2)n1. The van der Waals surface area contributed by atoms with Crippen LogP contribution in [-0.2, 0) is 16.4 Å². The first-order valence-electron chi connectivity index (χ1n) is 8.39. The quantitative estimate of drug-likeness (QED) is 0.649. The first-order chi connectivity index (χ1) is 12.9. The Morgan fingerprint density at radius 3 is 2.26 bits per heavy atom. The van der Waals surface area contributed by atoms with Crippen molar-refractivity contribution in [3.63, 3.8) is 0 Å². The van der Waals surface area contributed by atoms with Gasteiger partial charge in [0.05, 0.1) is 4.90 Å². The van der Waals surface area contributed by atoms with Crippen LogP contribution < -0.4 is 4.74 Å². The third-order valence-electron chi connectivity index (χ3n) is 3.88. The van der Waals surface area contributed by atoms with Crippen LogP contribution in [0, 0.1) is 0 Å². The van der Waals surface area contributed by atoms with Crippen LogP contribution in [0.25, 0.3) is 11.4 Å². The molecule has 0 aliphatic heterocycles. The Kier molecular flexibility index (Phi) is 5.48. The standard InChI is InChI=1S/C19H20N4O3S/c1-4-15-13-18(22-19(21-15)14-9-11-20-12-10-14)26-16-5-7-17(8-6-16)27(24,25)23(2)3/h5-13H,4H2,1-3H3. The van der Waals surface area contributed by atoms with E-state index in [2.05, 4.69) is 15.0 Å². The number of rotatable bonds is 6. The fourth-order valence-corrected chi connectivity index (χ4v) is 3.25. The Morgan fingerprint density at radius 2 is 1.67 bits per heavy atom. The van der Waals surface area contributed by atoms with Gasteiger partial charge in [0.1, 0.15) is 5.75 Å². The summed E-state index contributed by atoms with van der Waals surface area (Å²) in [5.74, 6) is 1.45. The molecule has 2 heterocycles. The van der Waals surface area contributed by atoms with E-state index in [1.807, 2.05) is 19.1 Å². The highest BCUT2D eigenvalue weighted by atomic mass is 32.2. The molecular formula is C19H20N4O3S. The Hall–Kier alpha value is -2.84. The van der Waals surface area contributed by atoms with Crippen molar-refractivity contribution in [1.29, 1.82) is 0 Å². The summed E-state index contributed by atoms with van der Waals surface area (Å²) >= 11 is 0. The van der Waals surface area contributed by atoms with Gasteiger partial charge in [0.2, 0.25) is 15.9 Å². The zero-order valence-electron chi connectivity index (χ0n) is 15.3. The average molecular weight is 384 g/mol. The number of hydrogen-bond acceptors (Lipinski definition) is 6. The second-order valence-electron chi connectivity index (χ2n) is 5.97. The molecule has 7 nitrogen and oxygen atoms in total. The molecule has 8 heteroatoms. The van der Waals surface area contributed by atoms with Crippen molar-refractivity contribution >= 4 is 10.0 Å². The van der Waals surface area contributed by atoms with E-state index in [4.69, 9.17) is 4.74 Å². The number of aryl methyl sites for hydroxylation is 1. The number of benzene rings is 1. The van der Waals surface area contributed by atoms with Gasteiger partial charge in [-0.25, -0.2) is 17.7 Å². The summed E-state index contributed by atoms with van der Waals surface area (Å²) in [4.78, 5) is 13.2. The molecule has 0 fully saturated rings. The molecule has 1 aromatic carbocycles. The van der Waals surface area contributed by atoms with Crippen molar-refractivity contribution in [3.8, 4) is 23.0 Å². The smallest absolute Gasteiger partial charge is 0.242 e. The van der Waals surface area contributed by atoms with Gasteiger partial charge < -0.3 is 4.74 Å². The van der Waals surface area contributed by atoms with Gasteiger partial charge in [0.15, 0.2) is 5.82 Å². The zero-order valence-corrected chi connectivity index (χ0v) is 16.1. The van der Waals surface area contributed by atoms with Crippen LogP contribution in [0.5, 0.6) is 11.6 Å². The topological polar surface area (TPSA) is 85.3 Å². The number of aromatic nitrogens is 3. The zero-order chi connectivity index (χ0) is 19.4. The molecule has 3 rings (SSSR count). The van der Waals surface area contributed by atoms with Crippen molar-refractivity contribution < 1.29 is 13.2 Å². The Morgan fingerprint density at radius 1 is 1.00 bits per heavy atom. The van der Waals surface area contributed by atoms with Crippen LogP contribution in [0.2, 0.25) is 0 Å². The Balaban J connectivity index is 1.89. The number of sulfonamides is 1. The van der Waals surface area contributed by atoms with Crippen molar-refractivity contribution in [2.75, 3.05) is 14.1 Å². The summed E-state index contributed by atoms with van der Waals surface area (Å²) in [6, 6.07) is 11.7. The number of pyridine rings is 1. The lowest BCUT2D eigenvalue weighted by Crippen LogP contribution is -2.22. The molecule has 0 bridgehead atoms. The monoisotopic (exact) mass is 384 g/mol. The third kappa shape index (κ3) is 4.29. The van der Waals surface area contributed by atoms with E-state index in [1.54, 1.807) is 30.6 Å². The summed E-state index contributed by atoms with van der Waals surface area (Å²) in [6.45, 7) is 2.00. The van der Waals surface area contributed by atoms with Gasteiger partial charge in [0, 0.05) is 43.8 Å². The maximum absolute atomic E-state index is 12.1. The van der Waals surface area contributed by atoms with Gasteiger partial charge in [-0.1, -0.05) is 6.92 Å². The fourth-order valence-electron chi connectivity index (χ4n) is 2.35. The molecule has 2 aromatic heterocycles. The fraction of sp³-hybridized carbons (Fsp3) is 0.211. The van der Waals surface area contributed by atoms with E-state index < -0.39 is 10.0 Å². The molecule has 0 radical (unpaired) electrons. The lowest BCUT2D eigenvalue weighted by Gasteiger charge is -2.12. The molecule has 27 heavy (non-hydrogen) atoms. The highest BCUT2D eigenvalue weighted by molar-refractivity contribution is 7.89. The summed E-state index contributed by atoms with van der Waals surface area (Å²) < 4.78 is 31.3. The molecule has 0 unspecified atom stereocenters. The molecule has 0 amide bonds. The predicted octanol–water partition coefficient (Wildman–Crippen LogP) is 3.14. The normalized spacial score (nSPS) is 11.6. The van der Waals surface area contributed by atoms with Crippen LogP contribution in [0.1, 0.15) is 12.6 Å². The average Bonchev–Trinajstić information content (AvgIpc) is 2.68. The maximum Gasteiger partial charge on any atom is 0.242 e. The van der Waals surface area contributed by atoms with Crippen LogP contribution in [0.3, 0.4) is 0 Å². The lowest BCUT2D eigenvalue weighted by atomic mass is 10.2. The molecule has 0 saturated heterocycles. The van der Waals surface area contributed by atoms with Crippen LogP contribution in [0.15, 0.2) is 59.8 Å². The molecular weight excluding hydrogens is 364 g/mol. The first kappa shape index (κ1) is 18.9. The van der Waals surface area contributed by atoms with Gasteiger partial charge in [-0.15, -0.1) is 0 Å². The summed E-state index contributed by atoms with van der Waals surface area (Å²) in [5.41, 5.74) is 1.69. The van der Waals surface area contributed by atoms with Crippen molar-refractivity contribution in [2.45, 2.75) is 18.2 Å². The van der Waals surface area contributed by atoms with E-state index in [1.165, 1.54) is 30.5 Å². The molecule has 0 spiro atoms. The molecule has 0 N–H and O–H groups in total. The summed E-state index contributed by atoms with van der Waals surface area (Å²) in [5, 5.41) is 0. The van der Waals surface area contributed by atoms with Gasteiger partial charge in [-0.2, -0.15) is 4.98 Å². The molecule has 0 saturated carbocycles. The summed E-state index contributed by atoms with van der Waals surface area (Å²) in [6.07, 6.45) is 4.10. The lowest BCUT2D eigenvalue weighted by molar-refractivity contribution is 0.460. The number of ether oxygens (including phenoxy) is 1. The van der Waals surface area contributed by atoms with Crippen LogP contribution in [-0.4, -0.2) is 41.8 Å². The van der Waals surface area contributed by atoms with E-state index in [-0.39, 0.29) is 4.90 Å². The second-order valence-corrected chi connectivity index (χ2v) is 8.12. The highest BCUT2D eigenvalue weighted by Crippen LogP contribution is 2.25. The maximum atomic E-state index is 12.1. The van der Waals surface area contributed by atoms with Crippen molar-refractivity contribution in [2.24, 2.45) is 0 Å². The highest BCUT2D eigenvalue weighted by Gasteiger charge is 2.17. The van der Waals surface area contributed by atoms with E-state index in [9.17, 15) is 8.42 Å². The number of hydrogen-bond donors (Lipinski definition) is 0. The first-order valence-corrected chi connectivity index (χ1v) is 9.83. The van der Waals surface area contributed by atoms with Crippen molar-refractivity contribution in [1.82, 2.24) is 19.3 Å². The van der Waals surface area contributed by atoms with Crippen LogP contribution >= 0.6 is 0 Å². The largest absolute Gasteiger partial charge is 0.439 e. The van der Waals surface area contributed by atoms with E-state index >= 15 is 0 Å². The Bertz CT molecular complexity index is 1020. The second kappa shape index (κ2) is 7.81. The minimum atomic E-state index is -3.47. The number of nitrogens with zero attached hydrogens (tertiary/aromatic N) is 4. The van der Waals surface area contributed by atoms with E-state index in [0.717, 1.165) is 17.7 Å². The van der Waals surface area contributed by atoms with Crippen molar-refractivity contribution in [3.05, 3.63) is 60.6 Å². The van der Waals surface area contributed by atoms with Gasteiger partial charge in [-0.05, 0) is 42.8 Å². The minimum absolute atomic E-state index is 0.203. The Labute approximate surface area is 158 Å². The molecule has 0 aliphatic rings. The van der Waals surface area contributed by atoms with Gasteiger partial charge >= 0.3 is 0 Å².